The SMILES string of the molecule is NC1=CC(N)NN(N)N1. The number of hydrogen-bond acceptors (Lipinski definition) is 6. The first-order chi connectivity index (χ1) is 4.18. The van der Waals surface area contributed by atoms with Crippen molar-refractivity contribution in [3.05, 3.63) is 11.9 Å². The van der Waals surface area contributed by atoms with Crippen LogP contribution in [0, 0.1) is 0 Å². The molecule has 6 heteroatoms. The predicted octanol–water partition coefficient (Wildman–Crippen LogP) is -2.73. The van der Waals surface area contributed by atoms with E-state index < -0.39 is 0 Å². The van der Waals surface area contributed by atoms with Crippen molar-refractivity contribution in [1.29, 1.82) is 0 Å². The van der Waals surface area contributed by atoms with E-state index in [4.69, 9.17) is 17.3 Å². The summed E-state index contributed by atoms with van der Waals surface area (Å²) < 4.78 is 0. The van der Waals surface area contributed by atoms with E-state index in [0.29, 0.717) is 5.82 Å². The highest BCUT2D eigenvalue weighted by atomic mass is 15.9. The molecule has 0 saturated heterocycles. The Kier molecular flexibility index (Phi) is 1.54. The van der Waals surface area contributed by atoms with E-state index in [0.717, 1.165) is 5.23 Å². The molecule has 0 aromatic heterocycles. The van der Waals surface area contributed by atoms with Crippen LogP contribution in [-0.4, -0.2) is 11.4 Å². The third-order valence-corrected chi connectivity index (χ3v) is 0.897. The zero-order chi connectivity index (χ0) is 6.85. The van der Waals surface area contributed by atoms with Crippen LogP contribution >= 0.6 is 0 Å². The molecule has 1 unspecified atom stereocenters. The monoisotopic (exact) mass is 130 g/mol. The predicted molar refractivity (Wildman–Crippen MR) is 32.5 cm³/mol. The molecule has 8 N–H and O–H groups in total. The fraction of sp³-hybridized carbons (Fsp3) is 0.333. The summed E-state index contributed by atoms with van der Waals surface area (Å²) >= 11 is 0. The van der Waals surface area contributed by atoms with E-state index in [9.17, 15) is 0 Å². The minimum atomic E-state index is -0.309. The Morgan fingerprint density at radius 3 is 2.78 bits per heavy atom. The number of hydrazine groups is 3. The maximum Gasteiger partial charge on any atom is 0.112 e. The Labute approximate surface area is 52.6 Å². The van der Waals surface area contributed by atoms with Crippen LogP contribution in [-0.2, 0) is 0 Å². The molecule has 0 saturated carbocycles. The summed E-state index contributed by atoms with van der Waals surface area (Å²) in [5, 5.41) is 1.11. The van der Waals surface area contributed by atoms with Crippen LogP contribution in [0.5, 0.6) is 0 Å². The van der Waals surface area contributed by atoms with Crippen LogP contribution < -0.4 is 28.2 Å². The lowest BCUT2D eigenvalue weighted by molar-refractivity contribution is 0.106. The quantitative estimate of drug-likeness (QED) is 0.228. The van der Waals surface area contributed by atoms with Gasteiger partial charge in [-0.05, 0) is 6.08 Å². The molecular formula is C3H10N6. The van der Waals surface area contributed by atoms with Gasteiger partial charge >= 0.3 is 0 Å². The number of nitrogens with one attached hydrogen (secondary N) is 2. The van der Waals surface area contributed by atoms with Crippen molar-refractivity contribution in [1.82, 2.24) is 16.1 Å². The molecule has 0 spiro atoms. The van der Waals surface area contributed by atoms with Crippen molar-refractivity contribution >= 4 is 0 Å². The van der Waals surface area contributed by atoms with Crippen LogP contribution in [0.2, 0.25) is 0 Å². The van der Waals surface area contributed by atoms with E-state index >= 15 is 0 Å². The van der Waals surface area contributed by atoms with E-state index in [2.05, 4.69) is 10.9 Å². The molecule has 0 radical (unpaired) electrons. The minimum Gasteiger partial charge on any atom is -0.385 e. The summed E-state index contributed by atoms with van der Waals surface area (Å²) in [6, 6.07) is 0. The van der Waals surface area contributed by atoms with Crippen molar-refractivity contribution < 1.29 is 0 Å². The van der Waals surface area contributed by atoms with Gasteiger partial charge in [0.2, 0.25) is 0 Å². The second-order valence-electron chi connectivity index (χ2n) is 1.76. The second kappa shape index (κ2) is 2.19. The van der Waals surface area contributed by atoms with Gasteiger partial charge in [0.1, 0.15) is 5.82 Å². The Morgan fingerprint density at radius 1 is 1.67 bits per heavy atom. The average Bonchev–Trinajstić information content (AvgIpc) is 1.59. The first-order valence-electron chi connectivity index (χ1n) is 2.49. The van der Waals surface area contributed by atoms with E-state index in [1.807, 2.05) is 0 Å². The summed E-state index contributed by atoms with van der Waals surface area (Å²) in [4.78, 5) is 0. The highest BCUT2D eigenvalue weighted by molar-refractivity contribution is 5.00. The summed E-state index contributed by atoms with van der Waals surface area (Å²) in [7, 11) is 0. The smallest absolute Gasteiger partial charge is 0.112 e. The molecule has 0 aromatic rings. The molecular weight excluding hydrogens is 120 g/mol. The standard InChI is InChI=1S/C3H10N6/c4-2-1-3(5)8-9(6)7-2/h1-2,7-8H,4-6H2. The molecule has 0 aliphatic carbocycles. The number of nitrogens with zero attached hydrogens (tertiary/aromatic N) is 1. The van der Waals surface area contributed by atoms with Crippen LogP contribution in [0.1, 0.15) is 0 Å². The minimum absolute atomic E-state index is 0.309. The van der Waals surface area contributed by atoms with Crippen molar-refractivity contribution in [2.24, 2.45) is 17.3 Å². The van der Waals surface area contributed by atoms with Gasteiger partial charge in [0.25, 0.3) is 0 Å². The summed E-state index contributed by atoms with van der Waals surface area (Å²) in [5.41, 5.74) is 15.9. The first-order valence-corrected chi connectivity index (χ1v) is 2.49. The van der Waals surface area contributed by atoms with Crippen LogP contribution in [0.15, 0.2) is 11.9 Å². The van der Waals surface area contributed by atoms with Gasteiger partial charge in [0.05, 0.1) is 6.17 Å². The highest BCUT2D eigenvalue weighted by Gasteiger charge is 2.09. The van der Waals surface area contributed by atoms with Crippen LogP contribution in [0.3, 0.4) is 0 Å². The summed E-state index contributed by atoms with van der Waals surface area (Å²) in [6.07, 6.45) is 1.31. The van der Waals surface area contributed by atoms with Crippen molar-refractivity contribution in [3.63, 3.8) is 0 Å². The molecule has 0 aromatic carbocycles. The van der Waals surface area contributed by atoms with Gasteiger partial charge in [0, 0.05) is 0 Å². The Bertz CT molecular complexity index is 130. The molecule has 1 heterocycles. The molecule has 1 atom stereocenters. The zero-order valence-electron chi connectivity index (χ0n) is 4.83. The lowest BCUT2D eigenvalue weighted by Gasteiger charge is -2.26. The Balaban J connectivity index is 2.56. The van der Waals surface area contributed by atoms with Gasteiger partial charge in [-0.25, -0.2) is 11.3 Å². The molecule has 52 valence electrons. The van der Waals surface area contributed by atoms with Crippen molar-refractivity contribution in [2.45, 2.75) is 6.17 Å². The van der Waals surface area contributed by atoms with Gasteiger partial charge in [-0.2, -0.15) is 0 Å². The van der Waals surface area contributed by atoms with E-state index in [1.165, 1.54) is 0 Å². The topological polar surface area (TPSA) is 105 Å². The van der Waals surface area contributed by atoms with Crippen molar-refractivity contribution in [2.75, 3.05) is 0 Å². The molecule has 0 fully saturated rings. The summed E-state index contributed by atoms with van der Waals surface area (Å²) in [6.45, 7) is 0. The highest BCUT2D eigenvalue weighted by Crippen LogP contribution is 1.86. The third kappa shape index (κ3) is 1.54. The fourth-order valence-corrected chi connectivity index (χ4v) is 0.600. The maximum atomic E-state index is 5.39. The van der Waals surface area contributed by atoms with Gasteiger partial charge in [-0.15, -0.1) is 0 Å². The number of rotatable bonds is 0. The molecule has 0 bridgehead atoms. The molecule has 1 aliphatic heterocycles. The molecule has 0 amide bonds. The molecule has 9 heavy (non-hydrogen) atoms. The van der Waals surface area contributed by atoms with Crippen molar-refractivity contribution in [3.8, 4) is 0 Å². The molecule has 6 nitrogen and oxygen atoms in total. The number of hydrogen-bond donors (Lipinski definition) is 5. The lowest BCUT2D eigenvalue weighted by Crippen LogP contribution is -2.62. The zero-order valence-corrected chi connectivity index (χ0v) is 4.83. The lowest BCUT2D eigenvalue weighted by atomic mass is 10.4. The second-order valence-corrected chi connectivity index (χ2v) is 1.76. The average molecular weight is 130 g/mol. The van der Waals surface area contributed by atoms with Gasteiger partial charge in [0.15, 0.2) is 0 Å². The van der Waals surface area contributed by atoms with Crippen LogP contribution in [0.25, 0.3) is 0 Å². The molecule has 1 rings (SSSR count). The maximum absolute atomic E-state index is 5.39. The molecule has 1 aliphatic rings. The Hall–Kier alpha value is -0.820. The largest absolute Gasteiger partial charge is 0.385 e. The van der Waals surface area contributed by atoms with Gasteiger partial charge < -0.3 is 11.5 Å². The normalized spacial score (nSPS) is 29.1. The van der Waals surface area contributed by atoms with E-state index in [1.54, 1.807) is 6.08 Å². The van der Waals surface area contributed by atoms with Gasteiger partial charge in [-0.3, -0.25) is 5.43 Å². The fourth-order valence-electron chi connectivity index (χ4n) is 0.600. The van der Waals surface area contributed by atoms with Gasteiger partial charge in [-0.1, -0.05) is 5.23 Å². The number of nitrogens with two attached hydrogens (primary N) is 3. The first kappa shape index (κ1) is 6.30. The third-order valence-electron chi connectivity index (χ3n) is 0.897. The van der Waals surface area contributed by atoms with E-state index in [-0.39, 0.29) is 6.17 Å². The Morgan fingerprint density at radius 2 is 2.33 bits per heavy atom. The summed E-state index contributed by atoms with van der Waals surface area (Å²) in [5.74, 6) is 5.67. The van der Waals surface area contributed by atoms with Crippen LogP contribution in [0.4, 0.5) is 0 Å².